The van der Waals surface area contributed by atoms with Crippen LogP contribution in [0.3, 0.4) is 0 Å². The van der Waals surface area contributed by atoms with E-state index in [0.717, 1.165) is 11.1 Å². The Morgan fingerprint density at radius 1 is 0.765 bits per heavy atom. The summed E-state index contributed by atoms with van der Waals surface area (Å²) in [4.78, 5) is 13.1. The topological polar surface area (TPSA) is 63.2 Å². The van der Waals surface area contributed by atoms with E-state index >= 15 is 0 Å². The van der Waals surface area contributed by atoms with Crippen LogP contribution in [0.5, 0.6) is 28.7 Å². The molecule has 0 heterocycles. The molecule has 2 rings (SSSR count). The Morgan fingerprint density at radius 2 is 1.35 bits per heavy atom. The van der Waals surface area contributed by atoms with Crippen molar-refractivity contribution in [1.82, 2.24) is 0 Å². The summed E-state index contributed by atoms with van der Waals surface area (Å²) < 4.78 is 27.8. The number of hydrogen-bond acceptors (Lipinski definition) is 6. The molecule has 34 heavy (non-hydrogen) atoms. The molecule has 0 aliphatic carbocycles. The van der Waals surface area contributed by atoms with Crippen molar-refractivity contribution < 1.29 is 28.5 Å². The molecular weight excluding hydrogens is 432 g/mol. The normalized spacial score (nSPS) is 10.4. The minimum absolute atomic E-state index is 0.197. The van der Waals surface area contributed by atoms with Crippen LogP contribution in [0.1, 0.15) is 43.6 Å². The lowest BCUT2D eigenvalue weighted by atomic mass is 10.1. The van der Waals surface area contributed by atoms with Crippen LogP contribution in [0.4, 0.5) is 0 Å². The summed E-state index contributed by atoms with van der Waals surface area (Å²) in [5, 5.41) is 0. The summed E-state index contributed by atoms with van der Waals surface area (Å²) in [5.74, 6) is 2.42. The fraction of sp³-hybridized carbons (Fsp3) is 0.321. The van der Waals surface area contributed by atoms with Gasteiger partial charge in [-0.25, -0.2) is 0 Å². The third kappa shape index (κ3) is 7.73. The molecule has 0 aliphatic heterocycles. The van der Waals surface area contributed by atoms with Gasteiger partial charge in [0, 0.05) is 6.07 Å². The quantitative estimate of drug-likeness (QED) is 0.208. The van der Waals surface area contributed by atoms with Gasteiger partial charge in [0.2, 0.25) is 5.75 Å². The number of methoxy groups -OCH3 is 3. The van der Waals surface area contributed by atoms with Gasteiger partial charge in [-0.05, 0) is 75.8 Å². The monoisotopic (exact) mass is 466 g/mol. The second-order valence-corrected chi connectivity index (χ2v) is 8.00. The lowest BCUT2D eigenvalue weighted by Crippen LogP contribution is -2.04. The number of carbonyl (C=O) groups is 1. The molecule has 182 valence electrons. The Hall–Kier alpha value is -3.67. The summed E-state index contributed by atoms with van der Waals surface area (Å²) >= 11 is 0. The van der Waals surface area contributed by atoms with Gasteiger partial charge in [-0.15, -0.1) is 0 Å². The first-order valence-electron chi connectivity index (χ1n) is 11.0. The van der Waals surface area contributed by atoms with E-state index in [2.05, 4.69) is 0 Å². The third-order valence-electron chi connectivity index (χ3n) is 4.80. The number of hydrogen-bond donors (Lipinski definition) is 0. The first-order valence-corrected chi connectivity index (χ1v) is 11.0. The third-order valence-corrected chi connectivity index (χ3v) is 4.80. The molecule has 6 heteroatoms. The smallest absolute Gasteiger partial charge is 0.203 e. The van der Waals surface area contributed by atoms with E-state index in [4.69, 9.17) is 23.7 Å². The molecule has 2 aromatic rings. The number of rotatable bonds is 12. The molecular formula is C28H34O6. The molecule has 0 radical (unpaired) electrons. The minimum atomic E-state index is -0.197. The maximum absolute atomic E-state index is 13.1. The van der Waals surface area contributed by atoms with Crippen molar-refractivity contribution in [3.05, 3.63) is 70.8 Å². The SMILES string of the molecule is COc1cc(/C=C/C(=O)c2ccc(OCC=C(C)C)cc2OCC=C(C)C)cc(OC)c1OC. The fourth-order valence-electron chi connectivity index (χ4n) is 2.98. The Labute approximate surface area is 202 Å². The van der Waals surface area contributed by atoms with Gasteiger partial charge in [-0.2, -0.15) is 0 Å². The Kier molecular flexibility index (Phi) is 10.3. The van der Waals surface area contributed by atoms with E-state index in [0.29, 0.717) is 47.5 Å². The van der Waals surface area contributed by atoms with E-state index in [1.165, 1.54) is 11.6 Å². The predicted molar refractivity (Wildman–Crippen MR) is 136 cm³/mol. The van der Waals surface area contributed by atoms with Gasteiger partial charge >= 0.3 is 0 Å². The molecule has 0 saturated carbocycles. The van der Waals surface area contributed by atoms with Crippen molar-refractivity contribution in [3.8, 4) is 28.7 Å². The number of ether oxygens (including phenoxy) is 5. The lowest BCUT2D eigenvalue weighted by molar-refractivity contribution is 0.104. The summed E-state index contributed by atoms with van der Waals surface area (Å²) in [7, 11) is 4.64. The molecule has 0 aliphatic rings. The van der Waals surface area contributed by atoms with E-state index < -0.39 is 0 Å². The van der Waals surface area contributed by atoms with Crippen LogP contribution in [0.2, 0.25) is 0 Å². The molecule has 0 unspecified atom stereocenters. The minimum Gasteiger partial charge on any atom is -0.493 e. The van der Waals surface area contributed by atoms with Gasteiger partial charge in [-0.3, -0.25) is 4.79 Å². The van der Waals surface area contributed by atoms with Crippen LogP contribution >= 0.6 is 0 Å². The van der Waals surface area contributed by atoms with Gasteiger partial charge in [-0.1, -0.05) is 17.2 Å². The molecule has 0 N–H and O–H groups in total. The molecule has 6 nitrogen and oxygen atoms in total. The van der Waals surface area contributed by atoms with E-state index in [1.807, 2.05) is 39.8 Å². The van der Waals surface area contributed by atoms with Gasteiger partial charge in [0.05, 0.1) is 26.9 Å². The second kappa shape index (κ2) is 13.1. The molecule has 0 saturated heterocycles. The highest BCUT2D eigenvalue weighted by molar-refractivity contribution is 6.08. The molecule has 0 bridgehead atoms. The van der Waals surface area contributed by atoms with Gasteiger partial charge in [0.15, 0.2) is 17.3 Å². The number of allylic oxidation sites excluding steroid dienone is 3. The number of benzene rings is 2. The highest BCUT2D eigenvalue weighted by atomic mass is 16.5. The molecule has 0 spiro atoms. The first kappa shape index (κ1) is 26.6. The average Bonchev–Trinajstić information content (AvgIpc) is 2.81. The van der Waals surface area contributed by atoms with Crippen LogP contribution in [0.15, 0.2) is 59.7 Å². The molecule has 0 amide bonds. The highest BCUT2D eigenvalue weighted by Gasteiger charge is 2.14. The van der Waals surface area contributed by atoms with E-state index in [1.54, 1.807) is 57.7 Å². The largest absolute Gasteiger partial charge is 0.493 e. The van der Waals surface area contributed by atoms with Crippen molar-refractivity contribution >= 4 is 11.9 Å². The predicted octanol–water partition coefficient (Wildman–Crippen LogP) is 6.30. The summed E-state index contributed by atoms with van der Waals surface area (Å²) in [5.41, 5.74) is 3.48. The zero-order valence-electron chi connectivity index (χ0n) is 21.1. The van der Waals surface area contributed by atoms with Crippen LogP contribution in [-0.2, 0) is 0 Å². The average molecular weight is 467 g/mol. The molecule has 2 aromatic carbocycles. The zero-order chi connectivity index (χ0) is 25.1. The highest BCUT2D eigenvalue weighted by Crippen LogP contribution is 2.38. The summed E-state index contributed by atoms with van der Waals surface area (Å²) in [6, 6.07) is 8.79. The molecule has 0 aromatic heterocycles. The lowest BCUT2D eigenvalue weighted by Gasteiger charge is -2.13. The van der Waals surface area contributed by atoms with Crippen LogP contribution < -0.4 is 23.7 Å². The van der Waals surface area contributed by atoms with Crippen LogP contribution in [0, 0.1) is 0 Å². The van der Waals surface area contributed by atoms with Crippen LogP contribution in [0.25, 0.3) is 6.08 Å². The molecule has 0 fully saturated rings. The van der Waals surface area contributed by atoms with Gasteiger partial charge in [0.1, 0.15) is 24.7 Å². The Bertz CT molecular complexity index is 1050. The van der Waals surface area contributed by atoms with Crippen molar-refractivity contribution in [2.75, 3.05) is 34.5 Å². The van der Waals surface area contributed by atoms with Gasteiger partial charge < -0.3 is 23.7 Å². The van der Waals surface area contributed by atoms with Crippen molar-refractivity contribution in [2.24, 2.45) is 0 Å². The fourth-order valence-corrected chi connectivity index (χ4v) is 2.98. The Morgan fingerprint density at radius 3 is 1.88 bits per heavy atom. The number of ketones is 1. The summed E-state index contributed by atoms with van der Waals surface area (Å²) in [6.07, 6.45) is 7.14. The standard InChI is InChI=1S/C28H34O6/c1-19(2)12-14-33-22-9-10-23(25(18-22)34-15-13-20(3)4)24(29)11-8-21-16-26(30-5)28(32-7)27(17-21)31-6/h8-13,16-18H,14-15H2,1-7H3/b11-8+. The second-order valence-electron chi connectivity index (χ2n) is 8.00. The zero-order valence-corrected chi connectivity index (χ0v) is 21.1. The van der Waals surface area contributed by atoms with Crippen molar-refractivity contribution in [3.63, 3.8) is 0 Å². The maximum atomic E-state index is 13.1. The van der Waals surface area contributed by atoms with Gasteiger partial charge in [0.25, 0.3) is 0 Å². The Balaban J connectivity index is 2.33. The van der Waals surface area contributed by atoms with Crippen molar-refractivity contribution in [1.29, 1.82) is 0 Å². The number of carbonyl (C=O) groups excluding carboxylic acids is 1. The van der Waals surface area contributed by atoms with Crippen molar-refractivity contribution in [2.45, 2.75) is 27.7 Å². The maximum Gasteiger partial charge on any atom is 0.203 e. The van der Waals surface area contributed by atoms with Crippen LogP contribution in [-0.4, -0.2) is 40.3 Å². The van der Waals surface area contributed by atoms with E-state index in [-0.39, 0.29) is 5.78 Å². The molecule has 0 atom stereocenters. The van der Waals surface area contributed by atoms with E-state index in [9.17, 15) is 4.79 Å². The first-order chi connectivity index (χ1) is 16.3. The summed E-state index contributed by atoms with van der Waals surface area (Å²) in [6.45, 7) is 8.82.